The van der Waals surface area contributed by atoms with E-state index in [1.807, 2.05) is 0 Å². The van der Waals surface area contributed by atoms with Gasteiger partial charge in [-0.25, -0.2) is 15.0 Å². The van der Waals surface area contributed by atoms with E-state index < -0.39 is 29.8 Å². The molecule has 0 saturated carbocycles. The second-order valence-electron chi connectivity index (χ2n) is 4.03. The smallest absolute Gasteiger partial charge is 0.451 e. The summed E-state index contributed by atoms with van der Waals surface area (Å²) in [4.78, 5) is 8.55. The molecule has 0 atom stereocenters. The largest absolute Gasteiger partial charge is 0.497 e. The van der Waals surface area contributed by atoms with Crippen molar-refractivity contribution >= 4 is 0 Å². The Balaban J connectivity index is 2.59. The van der Waals surface area contributed by atoms with Gasteiger partial charge in [0.1, 0.15) is 5.75 Å². The van der Waals surface area contributed by atoms with E-state index in [2.05, 4.69) is 15.0 Å². The summed E-state index contributed by atoms with van der Waals surface area (Å²) in [7, 11) is 1.36. The molecule has 0 N–H and O–H groups in total. The number of halogens is 6. The SMILES string of the molecule is COc1ccc(-c2nc(C(F)(F)F)nc(C(F)(F)F)n2)cc1. The van der Waals surface area contributed by atoms with Crippen LogP contribution in [0.3, 0.4) is 0 Å². The molecular weight excluding hydrogens is 316 g/mol. The minimum atomic E-state index is -5.12. The Morgan fingerprint density at radius 3 is 1.59 bits per heavy atom. The molecule has 0 saturated heterocycles. The maximum Gasteiger partial charge on any atom is 0.451 e. The quantitative estimate of drug-likeness (QED) is 0.793. The Morgan fingerprint density at radius 1 is 0.773 bits per heavy atom. The molecule has 0 radical (unpaired) electrons. The molecule has 0 fully saturated rings. The van der Waals surface area contributed by atoms with Crippen molar-refractivity contribution in [3.05, 3.63) is 35.9 Å². The zero-order valence-corrected chi connectivity index (χ0v) is 10.8. The van der Waals surface area contributed by atoms with Gasteiger partial charge in [0.05, 0.1) is 7.11 Å². The van der Waals surface area contributed by atoms with Crippen LogP contribution in [0.25, 0.3) is 11.4 Å². The van der Waals surface area contributed by atoms with E-state index in [0.717, 1.165) is 0 Å². The van der Waals surface area contributed by atoms with Crippen LogP contribution in [0.2, 0.25) is 0 Å². The van der Waals surface area contributed by atoms with E-state index in [9.17, 15) is 26.3 Å². The molecule has 0 aliphatic heterocycles. The molecule has 10 heteroatoms. The number of benzene rings is 1. The van der Waals surface area contributed by atoms with Crippen molar-refractivity contribution in [2.45, 2.75) is 12.4 Å². The van der Waals surface area contributed by atoms with Gasteiger partial charge in [-0.1, -0.05) is 0 Å². The maximum absolute atomic E-state index is 12.6. The lowest BCUT2D eigenvalue weighted by Gasteiger charge is -2.11. The maximum atomic E-state index is 12.6. The molecule has 0 unspecified atom stereocenters. The van der Waals surface area contributed by atoms with Crippen molar-refractivity contribution in [3.63, 3.8) is 0 Å². The van der Waals surface area contributed by atoms with Crippen molar-refractivity contribution in [3.8, 4) is 17.1 Å². The number of ether oxygens (including phenoxy) is 1. The fourth-order valence-corrected chi connectivity index (χ4v) is 1.50. The van der Waals surface area contributed by atoms with Crippen molar-refractivity contribution in [1.29, 1.82) is 0 Å². The topological polar surface area (TPSA) is 47.9 Å². The van der Waals surface area contributed by atoms with Crippen LogP contribution in [0.1, 0.15) is 11.6 Å². The zero-order chi connectivity index (χ0) is 16.5. The fourth-order valence-electron chi connectivity index (χ4n) is 1.50. The number of aromatic nitrogens is 3. The third-order valence-electron chi connectivity index (χ3n) is 2.49. The predicted octanol–water partition coefficient (Wildman–Crippen LogP) is 3.58. The highest BCUT2D eigenvalue weighted by Crippen LogP contribution is 2.32. The Morgan fingerprint density at radius 2 is 1.23 bits per heavy atom. The van der Waals surface area contributed by atoms with Crippen molar-refractivity contribution in [2.24, 2.45) is 0 Å². The van der Waals surface area contributed by atoms with Crippen LogP contribution < -0.4 is 4.74 Å². The van der Waals surface area contributed by atoms with E-state index in [0.29, 0.717) is 5.75 Å². The van der Waals surface area contributed by atoms with Crippen LogP contribution >= 0.6 is 0 Å². The second kappa shape index (κ2) is 5.43. The summed E-state index contributed by atoms with van der Waals surface area (Å²) in [6, 6.07) is 5.21. The van der Waals surface area contributed by atoms with Crippen molar-refractivity contribution in [2.75, 3.05) is 7.11 Å². The first-order valence-corrected chi connectivity index (χ1v) is 5.66. The lowest BCUT2D eigenvalue weighted by atomic mass is 10.2. The van der Waals surface area contributed by atoms with Crippen LogP contribution in [0.4, 0.5) is 26.3 Å². The van der Waals surface area contributed by atoms with Crippen LogP contribution in [-0.2, 0) is 12.4 Å². The van der Waals surface area contributed by atoms with Gasteiger partial charge in [0.25, 0.3) is 0 Å². The molecule has 0 aliphatic rings. The van der Waals surface area contributed by atoms with Crippen molar-refractivity contribution in [1.82, 2.24) is 15.0 Å². The normalized spacial score (nSPS) is 12.3. The first kappa shape index (κ1) is 16.0. The summed E-state index contributed by atoms with van der Waals surface area (Å²) < 4.78 is 80.6. The lowest BCUT2D eigenvalue weighted by molar-refractivity contribution is -0.155. The Labute approximate surface area is 119 Å². The standard InChI is InChI=1S/C12H7F6N3O/c1-22-7-4-2-6(3-5-7)8-19-9(11(13,14)15)21-10(20-8)12(16,17)18/h2-5H,1H3. The van der Waals surface area contributed by atoms with Crippen LogP contribution in [0.15, 0.2) is 24.3 Å². The number of hydrogen-bond acceptors (Lipinski definition) is 4. The second-order valence-corrected chi connectivity index (χ2v) is 4.03. The summed E-state index contributed by atoms with van der Waals surface area (Å²) in [5.74, 6) is -4.15. The molecule has 0 aliphatic carbocycles. The van der Waals surface area contributed by atoms with Crippen LogP contribution in [-0.4, -0.2) is 22.1 Å². The molecule has 0 bridgehead atoms. The zero-order valence-electron chi connectivity index (χ0n) is 10.8. The van der Waals surface area contributed by atoms with Crippen LogP contribution in [0.5, 0.6) is 5.75 Å². The number of rotatable bonds is 2. The Kier molecular flexibility index (Phi) is 3.94. The average Bonchev–Trinajstić information content (AvgIpc) is 2.45. The summed E-state index contributed by atoms with van der Waals surface area (Å²) >= 11 is 0. The Hall–Kier alpha value is -2.39. The fraction of sp³-hybridized carbons (Fsp3) is 0.250. The third kappa shape index (κ3) is 3.43. The number of nitrogens with zero attached hydrogens (tertiary/aromatic N) is 3. The van der Waals surface area contributed by atoms with Gasteiger partial charge in [0.15, 0.2) is 5.82 Å². The van der Waals surface area contributed by atoms with E-state index in [1.54, 1.807) is 0 Å². The molecule has 0 spiro atoms. The molecule has 1 aromatic heterocycles. The molecule has 4 nitrogen and oxygen atoms in total. The minimum absolute atomic E-state index is 0.0285. The van der Waals surface area contributed by atoms with E-state index >= 15 is 0 Å². The summed E-state index contributed by atoms with van der Waals surface area (Å²) in [5.41, 5.74) is -0.0285. The van der Waals surface area contributed by atoms with Gasteiger partial charge in [0, 0.05) is 5.56 Å². The van der Waals surface area contributed by atoms with Gasteiger partial charge in [-0.2, -0.15) is 26.3 Å². The van der Waals surface area contributed by atoms with Gasteiger partial charge < -0.3 is 4.74 Å². The van der Waals surface area contributed by atoms with Crippen LogP contribution in [0, 0.1) is 0 Å². The summed E-state index contributed by atoms with van der Waals surface area (Å²) in [6.07, 6.45) is -10.2. The molecule has 118 valence electrons. The Bertz CT molecular complexity index is 634. The first-order chi connectivity index (χ1) is 10.1. The highest BCUT2D eigenvalue weighted by molar-refractivity contribution is 5.56. The van der Waals surface area contributed by atoms with E-state index in [1.165, 1.54) is 31.4 Å². The molecule has 22 heavy (non-hydrogen) atoms. The summed E-state index contributed by atoms with van der Waals surface area (Å²) in [6.45, 7) is 0. The molecule has 2 rings (SSSR count). The van der Waals surface area contributed by atoms with Gasteiger partial charge in [-0.3, -0.25) is 0 Å². The molecular formula is C12H7F6N3O. The minimum Gasteiger partial charge on any atom is -0.497 e. The van der Waals surface area contributed by atoms with Gasteiger partial charge in [-0.15, -0.1) is 0 Å². The third-order valence-corrected chi connectivity index (χ3v) is 2.49. The van der Waals surface area contributed by atoms with E-state index in [4.69, 9.17) is 4.74 Å². The summed E-state index contributed by atoms with van der Waals surface area (Å²) in [5, 5.41) is 0. The molecule has 1 aromatic carbocycles. The van der Waals surface area contributed by atoms with E-state index in [-0.39, 0.29) is 5.56 Å². The van der Waals surface area contributed by atoms with Gasteiger partial charge >= 0.3 is 12.4 Å². The predicted molar refractivity (Wildman–Crippen MR) is 61.8 cm³/mol. The number of hydrogen-bond donors (Lipinski definition) is 0. The highest BCUT2D eigenvalue weighted by Gasteiger charge is 2.41. The monoisotopic (exact) mass is 323 g/mol. The van der Waals surface area contributed by atoms with Crippen molar-refractivity contribution < 1.29 is 31.1 Å². The molecule has 1 heterocycles. The van der Waals surface area contributed by atoms with Gasteiger partial charge in [-0.05, 0) is 24.3 Å². The number of methoxy groups -OCH3 is 1. The lowest BCUT2D eigenvalue weighted by Crippen LogP contribution is -2.19. The number of alkyl halides is 6. The average molecular weight is 323 g/mol. The first-order valence-electron chi connectivity index (χ1n) is 5.66. The highest BCUT2D eigenvalue weighted by atomic mass is 19.4. The molecule has 0 amide bonds. The van der Waals surface area contributed by atoms with Gasteiger partial charge in [0.2, 0.25) is 11.6 Å². The molecule has 2 aromatic rings.